The summed E-state index contributed by atoms with van der Waals surface area (Å²) < 4.78 is 46.4. The predicted octanol–water partition coefficient (Wildman–Crippen LogP) is -4.28. The van der Waals surface area contributed by atoms with Gasteiger partial charge in [0, 0.05) is 57.2 Å². The van der Waals surface area contributed by atoms with Gasteiger partial charge in [-0.05, 0) is 46.1 Å². The van der Waals surface area contributed by atoms with Gasteiger partial charge in [-0.25, -0.2) is 0 Å². The van der Waals surface area contributed by atoms with Crippen LogP contribution >= 0.6 is 0 Å². The summed E-state index contributed by atoms with van der Waals surface area (Å²) in [6.45, 7) is 7.61. The molecule has 6 aliphatic heterocycles. The molecule has 1 amide bonds. The molecular formula is C66H107N3O27. The van der Waals surface area contributed by atoms with E-state index in [-0.39, 0.29) is 38.1 Å². The second-order valence-electron chi connectivity index (χ2n) is 26.1. The van der Waals surface area contributed by atoms with Gasteiger partial charge >= 0.3 is 5.97 Å². The number of nitrogens with one attached hydrogen (secondary N) is 2. The second-order valence-corrected chi connectivity index (χ2v) is 26.1. The van der Waals surface area contributed by atoms with Crippen molar-refractivity contribution in [2.45, 2.75) is 238 Å². The summed E-state index contributed by atoms with van der Waals surface area (Å²) in [6.07, 6.45) is -13.1. The Kier molecular flexibility index (Phi) is 33.2. The number of hydrogen-bond acceptors (Lipinski definition) is 29. The normalized spacial score (nSPS) is 45.5. The molecule has 96 heavy (non-hydrogen) atoms. The van der Waals surface area contributed by atoms with Crippen LogP contribution in [0, 0.1) is 17.8 Å². The Balaban J connectivity index is 1.26. The molecule has 28 atom stereocenters. The molecule has 0 spiro atoms. The first-order valence-electron chi connectivity index (χ1n) is 33.3. The Hall–Kier alpha value is -3.92. The summed E-state index contributed by atoms with van der Waals surface area (Å²) in [7, 11) is 0. The van der Waals surface area contributed by atoms with Crippen LogP contribution in [0.1, 0.15) is 85.5 Å². The quantitative estimate of drug-likeness (QED) is 0.0613. The van der Waals surface area contributed by atoms with Crippen LogP contribution in [0.4, 0.5) is 0 Å². The van der Waals surface area contributed by atoms with E-state index >= 15 is 0 Å². The lowest BCUT2D eigenvalue weighted by Gasteiger charge is -2.48. The minimum absolute atomic E-state index is 0.154. The third kappa shape index (κ3) is 24.1. The average Bonchev–Trinajstić information content (AvgIpc) is 0.818. The molecule has 548 valence electrons. The van der Waals surface area contributed by atoms with Crippen molar-refractivity contribution in [1.82, 2.24) is 15.5 Å². The van der Waals surface area contributed by atoms with E-state index in [4.69, 9.17) is 37.9 Å². The van der Waals surface area contributed by atoms with E-state index in [0.29, 0.717) is 39.3 Å². The van der Waals surface area contributed by atoms with Crippen molar-refractivity contribution in [3.63, 3.8) is 0 Å². The molecule has 5 saturated heterocycles. The van der Waals surface area contributed by atoms with Gasteiger partial charge < -0.3 is 135 Å². The topological polar surface area (TPSA) is 479 Å². The highest BCUT2D eigenvalue weighted by Gasteiger charge is 2.55. The third-order valence-corrected chi connectivity index (χ3v) is 18.4. The zero-order valence-corrected chi connectivity index (χ0v) is 55.0. The number of allylic oxidation sites excluding steroid dienone is 12. The summed E-state index contributed by atoms with van der Waals surface area (Å²) in [5.74, 6) is -8.76. The van der Waals surface area contributed by atoms with Crippen LogP contribution in [0.25, 0.3) is 0 Å². The van der Waals surface area contributed by atoms with Gasteiger partial charge in [-0.1, -0.05) is 98.9 Å². The van der Waals surface area contributed by atoms with E-state index in [1.807, 2.05) is 6.92 Å². The smallest absolute Gasteiger partial charge is 0.308 e. The molecular weight excluding hydrogens is 1270 g/mol. The van der Waals surface area contributed by atoms with Crippen molar-refractivity contribution in [2.24, 2.45) is 17.8 Å². The first kappa shape index (κ1) is 81.0. The van der Waals surface area contributed by atoms with Crippen molar-refractivity contribution in [3.05, 3.63) is 85.1 Å². The molecule has 0 aliphatic carbocycles. The van der Waals surface area contributed by atoms with E-state index in [1.165, 1.54) is 13.0 Å². The number of amides is 1. The number of aliphatic hydroxyl groups is 17. The molecule has 6 heterocycles. The maximum atomic E-state index is 14.4. The Morgan fingerprint density at radius 1 is 0.635 bits per heavy atom. The van der Waals surface area contributed by atoms with E-state index in [2.05, 4.69) is 15.5 Å². The lowest BCUT2D eigenvalue weighted by molar-refractivity contribution is -0.368. The van der Waals surface area contributed by atoms with Crippen molar-refractivity contribution in [3.8, 4) is 0 Å². The molecule has 5 unspecified atom stereocenters. The zero-order chi connectivity index (χ0) is 70.4. The van der Waals surface area contributed by atoms with Gasteiger partial charge in [0.05, 0.1) is 118 Å². The van der Waals surface area contributed by atoms with Gasteiger partial charge in [-0.3, -0.25) is 14.5 Å². The molecule has 2 bridgehead atoms. The third-order valence-electron chi connectivity index (χ3n) is 18.4. The van der Waals surface area contributed by atoms with Gasteiger partial charge in [0.25, 0.3) is 0 Å². The van der Waals surface area contributed by atoms with Gasteiger partial charge in [-0.2, -0.15) is 0 Å². The molecule has 0 aromatic carbocycles. The summed E-state index contributed by atoms with van der Waals surface area (Å²) in [5, 5.41) is 194. The maximum Gasteiger partial charge on any atom is 0.308 e. The molecule has 19 N–H and O–H groups in total. The lowest BCUT2D eigenvalue weighted by Crippen LogP contribution is -2.70. The highest BCUT2D eigenvalue weighted by atomic mass is 16.7. The SMILES string of the molecule is CC1[C@H](C)OC(=O)C[C@H](O)C[C@H](O)CC[C@@H](O)[C@H](O)C[C@H](O)C[C@]2(O)C[C@H](O)C(C(=O)NCCCN3CCOCC3)C(C[C@@H](OC3O[C@H](C)[C@@H](O)[C@H](NC[C@@]4(O)OC[C@@H](O)[C@@H](OC5O[C@H](CO)[C@@H](O)[C@H](O)[C@H]5O)[C@@H]4O)[C@@H]3O)/C=C/C=C/C=C/C=C/C=C/C=C/C=C/[C@H](C)[C@H]1O)O2. The minimum atomic E-state index is -2.68. The molecule has 0 aromatic heterocycles. The molecule has 6 aliphatic rings. The van der Waals surface area contributed by atoms with Crippen molar-refractivity contribution >= 4 is 11.9 Å². The summed E-state index contributed by atoms with van der Waals surface area (Å²) in [5.41, 5.74) is 0. The number of aliphatic hydroxyl groups excluding tert-OH is 15. The first-order chi connectivity index (χ1) is 45.5. The van der Waals surface area contributed by atoms with Crippen LogP contribution in [0.15, 0.2) is 85.1 Å². The van der Waals surface area contributed by atoms with E-state index < -0.39 is 221 Å². The molecule has 0 saturated carbocycles. The van der Waals surface area contributed by atoms with Gasteiger partial charge in [0.2, 0.25) is 11.7 Å². The highest BCUT2D eigenvalue weighted by molar-refractivity contribution is 5.80. The Bertz CT molecular complexity index is 2540. The van der Waals surface area contributed by atoms with Crippen LogP contribution in [-0.4, -0.2) is 315 Å². The summed E-state index contributed by atoms with van der Waals surface area (Å²) >= 11 is 0. The number of hydrogen-bond donors (Lipinski definition) is 19. The van der Waals surface area contributed by atoms with E-state index in [0.717, 1.165) is 0 Å². The zero-order valence-electron chi connectivity index (χ0n) is 55.0. The molecule has 6 rings (SSSR count). The van der Waals surface area contributed by atoms with Crippen molar-refractivity contribution in [1.29, 1.82) is 0 Å². The predicted molar refractivity (Wildman–Crippen MR) is 340 cm³/mol. The van der Waals surface area contributed by atoms with Crippen LogP contribution in [0.2, 0.25) is 0 Å². The Morgan fingerprint density at radius 2 is 1.26 bits per heavy atom. The minimum Gasteiger partial charge on any atom is -0.462 e. The molecule has 30 nitrogen and oxygen atoms in total. The molecule has 30 heteroatoms. The fraction of sp³-hybridized carbons (Fsp3) is 0.758. The molecule has 5 fully saturated rings. The largest absolute Gasteiger partial charge is 0.462 e. The number of carbonyl (C=O) groups is 2. The highest BCUT2D eigenvalue weighted by Crippen LogP contribution is 2.39. The van der Waals surface area contributed by atoms with Crippen LogP contribution in [-0.2, 0) is 47.5 Å². The van der Waals surface area contributed by atoms with Gasteiger partial charge in [0.15, 0.2) is 18.4 Å². The number of rotatable bonds is 13. The summed E-state index contributed by atoms with van der Waals surface area (Å²) in [4.78, 5) is 29.4. The van der Waals surface area contributed by atoms with E-state index in [9.17, 15) is 96.4 Å². The summed E-state index contributed by atoms with van der Waals surface area (Å²) in [6, 6.07) is -1.47. The molecule has 0 radical (unpaired) electrons. The number of carbonyl (C=O) groups excluding carboxylic acids is 2. The fourth-order valence-electron chi connectivity index (χ4n) is 12.5. The van der Waals surface area contributed by atoms with E-state index in [1.54, 1.807) is 92.8 Å². The number of morpholine rings is 1. The van der Waals surface area contributed by atoms with Gasteiger partial charge in [-0.15, -0.1) is 0 Å². The number of esters is 1. The number of cyclic esters (lactones) is 1. The Labute approximate surface area is 559 Å². The lowest BCUT2D eigenvalue weighted by atomic mass is 9.82. The first-order valence-corrected chi connectivity index (χ1v) is 33.3. The monoisotopic (exact) mass is 1370 g/mol. The standard InChI is InChI=1S/C66H107N3O27/c1-37-18-15-13-11-9-7-5-6-8-10-12-14-16-19-44(93-63-57(82)53(55(80)40(4)92-63)68-36-66(88)61(85)60(48(77)35-90-66)95-64-59(84)58(83)56(81)50(34-70)94-64)31-49-52(62(86)67-22-17-23-69-24-26-89-27-25-69)47(76)33-65(87,96-49)32-43(73)29-46(75)45(74)21-20-41(71)28-42(72)30-51(78)91-39(3)38(2)54(37)79/h5-16,18-19,37-50,52-61,63-64,68,70-77,79-85,87-88H,17,20-36H2,1-4H3,(H,67,86)/b6-5+,9-7+,10-8+,13-11+,14-12+,18-15+,19-16+/t37-,38?,39-,40+,41+,42+,43-,44-,45+,46+,47-,48+,49?,50+,52?,53-,54+,55+,56+,57-,58-,59+,60+,61-,63?,64?,65+,66+/m0/s1. The average molecular weight is 1370 g/mol. The second kappa shape index (κ2) is 39.3. The fourth-order valence-corrected chi connectivity index (χ4v) is 12.5. The number of nitrogens with zero attached hydrogens (tertiary/aromatic N) is 1. The molecule has 0 aromatic rings. The van der Waals surface area contributed by atoms with Gasteiger partial charge in [0.1, 0.15) is 54.9 Å². The Morgan fingerprint density at radius 3 is 1.91 bits per heavy atom. The van der Waals surface area contributed by atoms with Crippen LogP contribution < -0.4 is 10.6 Å². The van der Waals surface area contributed by atoms with Crippen molar-refractivity contribution < 1.29 is 134 Å². The maximum absolute atomic E-state index is 14.4. The van der Waals surface area contributed by atoms with Crippen LogP contribution in [0.5, 0.6) is 0 Å². The van der Waals surface area contributed by atoms with Crippen LogP contribution in [0.3, 0.4) is 0 Å². The number of fused-ring (bicyclic) bond motifs is 2. The number of ether oxygens (including phenoxy) is 8. The van der Waals surface area contributed by atoms with Crippen molar-refractivity contribution in [2.75, 3.05) is 59.2 Å².